The Labute approximate surface area is 349 Å². The molecule has 2 aliphatic carbocycles. The maximum Gasteiger partial charge on any atom is 0.124 e. The van der Waals surface area contributed by atoms with E-state index >= 15 is 0 Å². The lowest BCUT2D eigenvalue weighted by Gasteiger charge is -2.23. The second-order valence-electron chi connectivity index (χ2n) is 17.5. The fraction of sp³-hybridized carbons (Fsp3) is 0.105. The summed E-state index contributed by atoms with van der Waals surface area (Å²) in [5.41, 5.74) is 20.5. The highest BCUT2D eigenvalue weighted by Gasteiger charge is 2.36. The third-order valence-corrected chi connectivity index (χ3v) is 14.6. The predicted molar refractivity (Wildman–Crippen MR) is 252 cm³/mol. The topological polar surface area (TPSA) is 12.9 Å². The van der Waals surface area contributed by atoms with Crippen LogP contribution in [0.1, 0.15) is 49.9 Å². The molecule has 1 heterocycles. The van der Waals surface area contributed by atoms with E-state index in [9.17, 15) is 0 Å². The molecule has 0 atom stereocenters. The smallest absolute Gasteiger partial charge is 0.124 e. The average molecular weight is 772 g/mol. The van der Waals surface area contributed by atoms with Crippen molar-refractivity contribution in [3.8, 4) is 66.2 Å². The van der Waals surface area contributed by atoms with Gasteiger partial charge in [0, 0.05) is 16.4 Å². The Morgan fingerprint density at radius 1 is 0.356 bits per heavy atom. The van der Waals surface area contributed by atoms with Gasteiger partial charge in [-0.2, -0.15) is 0 Å². The van der Waals surface area contributed by atoms with Gasteiger partial charge in [-0.1, -0.05) is 173 Å². The number of para-hydroxylation sites is 1. The molecule has 10 aromatic rings. The van der Waals surface area contributed by atoms with Crippen LogP contribution in [0, 0.1) is 0 Å². The lowest BCUT2D eigenvalue weighted by molar-refractivity contribution is 0.660. The zero-order valence-electron chi connectivity index (χ0n) is 33.6. The third-order valence-electron chi connectivity index (χ3n) is 13.5. The molecular weight excluding hydrogens is 731 g/mol. The molecule has 2 aliphatic rings. The minimum Gasteiger partial charge on any atom is -0.236 e. The van der Waals surface area contributed by atoms with E-state index in [4.69, 9.17) is 4.98 Å². The predicted octanol–water partition coefficient (Wildman–Crippen LogP) is 15.9. The summed E-state index contributed by atoms with van der Waals surface area (Å²) in [7, 11) is 0. The normalized spacial score (nSPS) is 14.4. The van der Waals surface area contributed by atoms with Crippen molar-refractivity contribution < 1.29 is 0 Å². The van der Waals surface area contributed by atoms with Crippen molar-refractivity contribution in [1.29, 1.82) is 0 Å². The molecule has 0 saturated carbocycles. The van der Waals surface area contributed by atoms with E-state index < -0.39 is 0 Å². The summed E-state index contributed by atoms with van der Waals surface area (Å²) in [6.07, 6.45) is 0. The number of hydrogen-bond acceptors (Lipinski definition) is 2. The van der Waals surface area contributed by atoms with Crippen LogP contribution in [0.2, 0.25) is 0 Å². The quantitative estimate of drug-likeness (QED) is 0.162. The van der Waals surface area contributed by atoms with Crippen LogP contribution in [-0.2, 0) is 10.8 Å². The Balaban J connectivity index is 1.09. The van der Waals surface area contributed by atoms with Crippen LogP contribution >= 0.6 is 11.3 Å². The Hall–Kier alpha value is -6.61. The van der Waals surface area contributed by atoms with Gasteiger partial charge < -0.3 is 0 Å². The fourth-order valence-electron chi connectivity index (χ4n) is 10.5. The highest BCUT2D eigenvalue weighted by Crippen LogP contribution is 2.53. The SMILES string of the molecule is CC1(C)c2ccccc2-c2cc(-c3c4ccccc4c(-c4ccc(-c5nc6ccccc6s5)cc4)c4ccc(-c5ccc6c(c5)C(C)(C)c5ccccc5-6)cc34)ccc21. The molecule has 12 rings (SSSR count). The minimum absolute atomic E-state index is 0.0514. The summed E-state index contributed by atoms with van der Waals surface area (Å²) < 4.78 is 1.21. The van der Waals surface area contributed by atoms with Crippen molar-refractivity contribution >= 4 is 43.1 Å². The monoisotopic (exact) mass is 771 g/mol. The standard InChI is InChI=1S/C57H41NS/c1-56(2)48-18-10-8-14-40(48)45-32-38(27-30-49(45)56)54-43-16-6-5-15-42(43)53(34-21-23-35(24-22-34)55-58-51-19-11-12-20-52(51)59-55)44-29-26-36(31-46(44)54)37-25-28-41-39-13-7-9-17-47(39)57(3,4)50(41)33-37/h5-33H,1-4H3. The van der Waals surface area contributed by atoms with Crippen LogP contribution in [0.15, 0.2) is 176 Å². The van der Waals surface area contributed by atoms with Gasteiger partial charge in [-0.25, -0.2) is 4.98 Å². The molecule has 59 heavy (non-hydrogen) atoms. The van der Waals surface area contributed by atoms with E-state index in [0.717, 1.165) is 16.1 Å². The second-order valence-corrected chi connectivity index (χ2v) is 18.5. The lowest BCUT2D eigenvalue weighted by atomic mass is 9.80. The Morgan fingerprint density at radius 2 is 0.864 bits per heavy atom. The first-order valence-electron chi connectivity index (χ1n) is 20.7. The molecule has 280 valence electrons. The van der Waals surface area contributed by atoms with Gasteiger partial charge in [-0.15, -0.1) is 11.3 Å². The molecule has 0 unspecified atom stereocenters. The molecule has 0 saturated heterocycles. The van der Waals surface area contributed by atoms with Crippen LogP contribution in [0.25, 0.3) is 98.0 Å². The van der Waals surface area contributed by atoms with E-state index in [-0.39, 0.29) is 10.8 Å². The molecule has 1 nitrogen and oxygen atoms in total. The lowest BCUT2D eigenvalue weighted by Crippen LogP contribution is -2.14. The zero-order valence-corrected chi connectivity index (χ0v) is 34.4. The molecule has 0 aliphatic heterocycles. The molecule has 9 aromatic carbocycles. The van der Waals surface area contributed by atoms with Crippen molar-refractivity contribution in [2.45, 2.75) is 38.5 Å². The average Bonchev–Trinajstić information content (AvgIpc) is 3.88. The van der Waals surface area contributed by atoms with Gasteiger partial charge in [0.05, 0.1) is 10.2 Å². The van der Waals surface area contributed by atoms with Gasteiger partial charge in [-0.05, 0) is 130 Å². The number of hydrogen-bond donors (Lipinski definition) is 0. The van der Waals surface area contributed by atoms with Gasteiger partial charge in [-0.3, -0.25) is 0 Å². The van der Waals surface area contributed by atoms with Gasteiger partial charge in [0.1, 0.15) is 5.01 Å². The number of thiazole rings is 1. The summed E-state index contributed by atoms with van der Waals surface area (Å²) in [6, 6.07) is 66.0. The molecule has 2 heteroatoms. The number of nitrogens with zero attached hydrogens (tertiary/aromatic N) is 1. The Morgan fingerprint density at radius 3 is 1.61 bits per heavy atom. The first kappa shape index (κ1) is 34.4. The van der Waals surface area contributed by atoms with Gasteiger partial charge >= 0.3 is 0 Å². The highest BCUT2D eigenvalue weighted by atomic mass is 32.1. The Bertz CT molecular complexity index is 3340. The molecular formula is C57H41NS. The van der Waals surface area contributed by atoms with Crippen molar-refractivity contribution in [3.05, 3.63) is 198 Å². The second kappa shape index (κ2) is 12.4. The first-order valence-corrected chi connectivity index (χ1v) is 21.5. The van der Waals surface area contributed by atoms with Crippen molar-refractivity contribution in [1.82, 2.24) is 4.98 Å². The largest absolute Gasteiger partial charge is 0.236 e. The number of aromatic nitrogens is 1. The van der Waals surface area contributed by atoms with Crippen molar-refractivity contribution in [2.75, 3.05) is 0 Å². The number of fused-ring (bicyclic) bond motifs is 9. The molecule has 0 radical (unpaired) electrons. The minimum atomic E-state index is -0.0701. The van der Waals surface area contributed by atoms with Crippen LogP contribution in [0.4, 0.5) is 0 Å². The van der Waals surface area contributed by atoms with E-state index in [1.807, 2.05) is 0 Å². The van der Waals surface area contributed by atoms with E-state index in [1.54, 1.807) is 11.3 Å². The van der Waals surface area contributed by atoms with Crippen LogP contribution in [0.3, 0.4) is 0 Å². The van der Waals surface area contributed by atoms with Crippen LogP contribution in [0.5, 0.6) is 0 Å². The summed E-state index contributed by atoms with van der Waals surface area (Å²) in [6.45, 7) is 9.46. The molecule has 0 fully saturated rings. The first-order chi connectivity index (χ1) is 28.8. The van der Waals surface area contributed by atoms with E-state index in [0.29, 0.717) is 0 Å². The molecule has 0 bridgehead atoms. The van der Waals surface area contributed by atoms with Gasteiger partial charge in [0.25, 0.3) is 0 Å². The van der Waals surface area contributed by atoms with Gasteiger partial charge in [0.2, 0.25) is 0 Å². The summed E-state index contributed by atoms with van der Waals surface area (Å²) in [4.78, 5) is 4.98. The maximum absolute atomic E-state index is 4.98. The molecule has 0 N–H and O–H groups in total. The maximum atomic E-state index is 4.98. The molecule has 0 amide bonds. The van der Waals surface area contributed by atoms with E-state index in [1.165, 1.54) is 104 Å². The van der Waals surface area contributed by atoms with E-state index in [2.05, 4.69) is 204 Å². The van der Waals surface area contributed by atoms with Crippen LogP contribution < -0.4 is 0 Å². The summed E-state index contributed by atoms with van der Waals surface area (Å²) in [5.74, 6) is 0. The van der Waals surface area contributed by atoms with Gasteiger partial charge in [0.15, 0.2) is 0 Å². The highest BCUT2D eigenvalue weighted by molar-refractivity contribution is 7.21. The summed E-state index contributed by atoms with van der Waals surface area (Å²) in [5, 5.41) is 6.09. The van der Waals surface area contributed by atoms with Crippen molar-refractivity contribution in [3.63, 3.8) is 0 Å². The fourth-order valence-corrected chi connectivity index (χ4v) is 11.5. The summed E-state index contributed by atoms with van der Waals surface area (Å²) >= 11 is 1.75. The van der Waals surface area contributed by atoms with Crippen molar-refractivity contribution in [2.24, 2.45) is 0 Å². The number of rotatable bonds is 4. The Kier molecular flexibility index (Phi) is 7.26. The number of benzene rings is 9. The molecule has 0 spiro atoms. The van der Waals surface area contributed by atoms with Crippen LogP contribution in [-0.4, -0.2) is 4.98 Å². The third kappa shape index (κ3) is 5.00. The zero-order chi connectivity index (χ0) is 39.6. The molecule has 1 aromatic heterocycles.